The number of amides is 2. The Labute approximate surface area is 133 Å². The first kappa shape index (κ1) is 16.9. The maximum absolute atomic E-state index is 14.1. The number of carbonyl (C=O) groups excluding carboxylic acids is 2. The van der Waals surface area contributed by atoms with Crippen LogP contribution in [0.15, 0.2) is 12.1 Å². The van der Waals surface area contributed by atoms with Gasteiger partial charge in [-0.25, -0.2) is 9.18 Å². The van der Waals surface area contributed by atoms with Crippen molar-refractivity contribution in [1.29, 1.82) is 0 Å². The summed E-state index contributed by atoms with van der Waals surface area (Å²) in [6.45, 7) is 3.52. The van der Waals surface area contributed by atoms with Gasteiger partial charge in [0.1, 0.15) is 11.9 Å². The van der Waals surface area contributed by atoms with E-state index in [1.807, 2.05) is 6.92 Å². The summed E-state index contributed by atoms with van der Waals surface area (Å²) in [4.78, 5) is 34.8. The second-order valence-electron chi connectivity index (χ2n) is 5.71. The highest BCUT2D eigenvalue weighted by Gasteiger charge is 2.28. The van der Waals surface area contributed by atoms with E-state index in [2.05, 4.69) is 10.6 Å². The lowest BCUT2D eigenvalue weighted by molar-refractivity contribution is -0.140. The summed E-state index contributed by atoms with van der Waals surface area (Å²) in [5, 5.41) is 14.1. The molecule has 0 aromatic heterocycles. The number of carboxylic acid groups (broad SMARTS) is 1. The van der Waals surface area contributed by atoms with Gasteiger partial charge in [0, 0.05) is 12.1 Å². The van der Waals surface area contributed by atoms with Crippen LogP contribution in [0.1, 0.15) is 42.6 Å². The average Bonchev–Trinajstić information content (AvgIpc) is 2.50. The monoisotopic (exact) mass is 322 g/mol. The minimum absolute atomic E-state index is 0.197. The summed E-state index contributed by atoms with van der Waals surface area (Å²) in [5.74, 6) is -3.20. The number of fused-ring (bicyclic) bond motifs is 1. The van der Waals surface area contributed by atoms with Crippen molar-refractivity contribution in [2.24, 2.45) is 5.92 Å². The lowest BCUT2D eigenvalue weighted by atomic mass is 9.97. The highest BCUT2D eigenvalue weighted by atomic mass is 19.1. The highest BCUT2D eigenvalue weighted by Crippen LogP contribution is 2.26. The van der Waals surface area contributed by atoms with Gasteiger partial charge in [-0.15, -0.1) is 0 Å². The number of hydrogen-bond donors (Lipinski definition) is 3. The van der Waals surface area contributed by atoms with Gasteiger partial charge in [0.05, 0.1) is 5.56 Å². The van der Waals surface area contributed by atoms with Crippen molar-refractivity contribution in [3.8, 4) is 0 Å². The van der Waals surface area contributed by atoms with Crippen molar-refractivity contribution < 1.29 is 23.9 Å². The molecule has 2 atom stereocenters. The molecule has 23 heavy (non-hydrogen) atoms. The van der Waals surface area contributed by atoms with Gasteiger partial charge in [-0.2, -0.15) is 0 Å². The molecule has 2 rings (SSSR count). The van der Waals surface area contributed by atoms with E-state index in [0.29, 0.717) is 24.1 Å². The van der Waals surface area contributed by atoms with Gasteiger partial charge < -0.3 is 15.7 Å². The summed E-state index contributed by atoms with van der Waals surface area (Å²) < 4.78 is 14.1. The Balaban J connectivity index is 2.25. The molecule has 2 amide bonds. The molecule has 1 aromatic rings. The predicted molar refractivity (Wildman–Crippen MR) is 81.7 cm³/mol. The third-order valence-corrected chi connectivity index (χ3v) is 4.10. The van der Waals surface area contributed by atoms with E-state index in [0.717, 1.165) is 6.07 Å². The summed E-state index contributed by atoms with van der Waals surface area (Å²) in [5.41, 5.74) is 0.799. The minimum atomic E-state index is -1.15. The molecule has 0 saturated carbocycles. The van der Waals surface area contributed by atoms with Crippen LogP contribution >= 0.6 is 0 Å². The maximum atomic E-state index is 14.1. The fourth-order valence-electron chi connectivity index (χ4n) is 2.48. The van der Waals surface area contributed by atoms with E-state index < -0.39 is 23.7 Å². The van der Waals surface area contributed by atoms with Crippen LogP contribution < -0.4 is 10.6 Å². The Morgan fingerprint density at radius 3 is 2.70 bits per heavy atom. The highest BCUT2D eigenvalue weighted by molar-refractivity contribution is 5.99. The third kappa shape index (κ3) is 3.67. The van der Waals surface area contributed by atoms with E-state index >= 15 is 0 Å². The first-order chi connectivity index (χ1) is 10.8. The number of aliphatic carboxylic acids is 1. The number of rotatable bonds is 5. The molecule has 1 aliphatic rings. The van der Waals surface area contributed by atoms with Gasteiger partial charge in [-0.05, 0) is 30.0 Å². The van der Waals surface area contributed by atoms with Gasteiger partial charge in [-0.1, -0.05) is 20.3 Å². The van der Waals surface area contributed by atoms with Gasteiger partial charge in [0.2, 0.25) is 5.91 Å². The SMILES string of the molecule is CC[C@H](C)[C@H](NC(=O)c1cc2c(cc1F)NC(=O)CC2)C(=O)O. The van der Waals surface area contributed by atoms with Gasteiger partial charge >= 0.3 is 5.97 Å². The molecule has 0 aliphatic carbocycles. The normalized spacial score (nSPS) is 16.0. The second-order valence-corrected chi connectivity index (χ2v) is 5.71. The molecule has 0 unspecified atom stereocenters. The van der Waals surface area contributed by atoms with Crippen LogP contribution in [0.2, 0.25) is 0 Å². The Morgan fingerprint density at radius 1 is 1.39 bits per heavy atom. The van der Waals surface area contributed by atoms with Gasteiger partial charge in [0.25, 0.3) is 5.91 Å². The first-order valence-corrected chi connectivity index (χ1v) is 7.49. The first-order valence-electron chi connectivity index (χ1n) is 7.49. The lowest BCUT2D eigenvalue weighted by Crippen LogP contribution is -2.45. The summed E-state index contributed by atoms with van der Waals surface area (Å²) in [6, 6.07) is 1.39. The Hall–Kier alpha value is -2.44. The molecule has 0 bridgehead atoms. The third-order valence-electron chi connectivity index (χ3n) is 4.10. The van der Waals surface area contributed by atoms with Crippen LogP contribution in [-0.4, -0.2) is 28.9 Å². The van der Waals surface area contributed by atoms with E-state index in [1.54, 1.807) is 6.92 Å². The zero-order chi connectivity index (χ0) is 17.1. The molecule has 7 heteroatoms. The van der Waals surface area contributed by atoms with Crippen LogP contribution in [0.4, 0.5) is 10.1 Å². The Morgan fingerprint density at radius 2 is 2.09 bits per heavy atom. The van der Waals surface area contributed by atoms with E-state index in [1.165, 1.54) is 6.07 Å². The molecule has 1 heterocycles. The molecule has 0 radical (unpaired) electrons. The van der Waals surface area contributed by atoms with Crippen LogP contribution in [0, 0.1) is 11.7 Å². The molecular formula is C16H19FN2O4. The molecular weight excluding hydrogens is 303 g/mol. The molecule has 0 spiro atoms. The van der Waals surface area contributed by atoms with Crippen LogP contribution in [0.5, 0.6) is 0 Å². The van der Waals surface area contributed by atoms with Gasteiger partial charge in [-0.3, -0.25) is 9.59 Å². The van der Waals surface area contributed by atoms with Crippen molar-refractivity contribution >= 4 is 23.5 Å². The van der Waals surface area contributed by atoms with E-state index in [4.69, 9.17) is 0 Å². The van der Waals surface area contributed by atoms with Crippen molar-refractivity contribution in [3.63, 3.8) is 0 Å². The predicted octanol–water partition coefficient (Wildman–Crippen LogP) is 1.94. The topological polar surface area (TPSA) is 95.5 Å². The average molecular weight is 322 g/mol. The van der Waals surface area contributed by atoms with Crippen LogP contribution in [-0.2, 0) is 16.0 Å². The van der Waals surface area contributed by atoms with Crippen molar-refractivity contribution in [2.75, 3.05) is 5.32 Å². The molecule has 124 valence electrons. The lowest BCUT2D eigenvalue weighted by Gasteiger charge is -2.21. The molecule has 0 saturated heterocycles. The summed E-state index contributed by atoms with van der Waals surface area (Å²) >= 11 is 0. The molecule has 0 fully saturated rings. The number of nitrogens with one attached hydrogen (secondary N) is 2. The summed E-state index contributed by atoms with van der Waals surface area (Å²) in [7, 11) is 0. The number of halogens is 1. The fourth-order valence-corrected chi connectivity index (χ4v) is 2.48. The van der Waals surface area contributed by atoms with Gasteiger partial charge in [0.15, 0.2) is 0 Å². The van der Waals surface area contributed by atoms with Crippen molar-refractivity contribution in [2.45, 2.75) is 39.2 Å². The van der Waals surface area contributed by atoms with Crippen LogP contribution in [0.3, 0.4) is 0 Å². The summed E-state index contributed by atoms with van der Waals surface area (Å²) in [6.07, 6.45) is 1.25. The largest absolute Gasteiger partial charge is 0.480 e. The quantitative estimate of drug-likeness (QED) is 0.772. The van der Waals surface area contributed by atoms with Crippen LogP contribution in [0.25, 0.3) is 0 Å². The smallest absolute Gasteiger partial charge is 0.326 e. The molecule has 1 aromatic carbocycles. The van der Waals surface area contributed by atoms with Crippen molar-refractivity contribution in [1.82, 2.24) is 5.32 Å². The number of carbonyl (C=O) groups is 3. The number of benzene rings is 1. The van der Waals surface area contributed by atoms with E-state index in [9.17, 15) is 23.9 Å². The minimum Gasteiger partial charge on any atom is -0.480 e. The zero-order valence-electron chi connectivity index (χ0n) is 13.0. The zero-order valence-corrected chi connectivity index (χ0v) is 13.0. The molecule has 1 aliphatic heterocycles. The Kier molecular flexibility index (Phi) is 4.98. The van der Waals surface area contributed by atoms with E-state index in [-0.39, 0.29) is 23.8 Å². The number of carboxylic acids is 1. The van der Waals surface area contributed by atoms with Crippen molar-refractivity contribution in [3.05, 3.63) is 29.1 Å². The fraction of sp³-hybridized carbons (Fsp3) is 0.438. The Bertz CT molecular complexity index is 660. The number of anilines is 1. The maximum Gasteiger partial charge on any atom is 0.326 e. The molecule has 3 N–H and O–H groups in total. The standard InChI is InChI=1S/C16H19FN2O4/c1-3-8(2)14(16(22)23)19-15(21)10-6-9-4-5-13(20)18-12(9)7-11(10)17/h6-8,14H,3-5H2,1-2H3,(H,18,20)(H,19,21)(H,22,23)/t8-,14-/m0/s1. The second kappa shape index (κ2) is 6.76. The number of aryl methyl sites for hydroxylation is 1. The molecule has 6 nitrogen and oxygen atoms in total. The number of hydrogen-bond acceptors (Lipinski definition) is 3.